The third-order valence-electron chi connectivity index (χ3n) is 4.63. The minimum absolute atomic E-state index is 0.0484. The molecule has 2 atom stereocenters. The monoisotopic (exact) mass is 312 g/mol. The maximum atomic E-state index is 11.6. The number of para-hydroxylation sites is 1. The van der Waals surface area contributed by atoms with Crippen LogP contribution >= 0.6 is 0 Å². The summed E-state index contributed by atoms with van der Waals surface area (Å²) in [7, 11) is 1.39. The molecule has 1 aliphatic rings. The second kappa shape index (κ2) is 6.28. The van der Waals surface area contributed by atoms with Gasteiger partial charge in [0, 0.05) is 35.1 Å². The Kier molecular flexibility index (Phi) is 4.19. The molecule has 5 nitrogen and oxygen atoms in total. The van der Waals surface area contributed by atoms with E-state index in [1.807, 2.05) is 30.5 Å². The zero-order valence-corrected chi connectivity index (χ0v) is 13.3. The first-order chi connectivity index (χ1) is 11.2. The molecule has 1 aromatic carbocycles. The average Bonchev–Trinajstić information content (AvgIpc) is 3.00. The number of methoxy groups -OCH3 is 1. The standard InChI is InChI=1S/C18H20N2O3/c1-12-13(9-17(22)23-2)7-8-20(11-21)18(12)15-10-19-16-6-4-3-5-14(15)16/h3-7,10-12,18-19H,8-9H2,1-2H3/t12-,18-/m0/s1. The molecule has 1 N–H and O–H groups in total. The lowest BCUT2D eigenvalue weighted by molar-refractivity contribution is -0.140. The largest absolute Gasteiger partial charge is 0.469 e. The third-order valence-corrected chi connectivity index (χ3v) is 4.63. The molecule has 0 aliphatic carbocycles. The summed E-state index contributed by atoms with van der Waals surface area (Å²) in [4.78, 5) is 28.2. The number of H-pyrrole nitrogens is 1. The number of esters is 1. The molecule has 0 saturated heterocycles. The minimum atomic E-state index is -0.250. The molecule has 1 aliphatic heterocycles. The summed E-state index contributed by atoms with van der Waals surface area (Å²) in [5, 5.41) is 1.11. The Bertz CT molecular complexity index is 762. The van der Waals surface area contributed by atoms with Crippen molar-refractivity contribution in [2.75, 3.05) is 13.7 Å². The molecular formula is C18H20N2O3. The number of carbonyl (C=O) groups is 2. The van der Waals surface area contributed by atoms with Crippen molar-refractivity contribution in [3.05, 3.63) is 47.7 Å². The fourth-order valence-corrected chi connectivity index (χ4v) is 3.38. The summed E-state index contributed by atoms with van der Waals surface area (Å²) in [5.74, 6) is -0.201. The van der Waals surface area contributed by atoms with Gasteiger partial charge in [0.1, 0.15) is 0 Å². The van der Waals surface area contributed by atoms with E-state index in [9.17, 15) is 9.59 Å². The van der Waals surface area contributed by atoms with E-state index in [2.05, 4.69) is 18.0 Å². The highest BCUT2D eigenvalue weighted by atomic mass is 16.5. The maximum Gasteiger partial charge on any atom is 0.309 e. The van der Waals surface area contributed by atoms with Crippen molar-refractivity contribution in [3.8, 4) is 0 Å². The Morgan fingerprint density at radius 1 is 1.43 bits per heavy atom. The van der Waals surface area contributed by atoms with E-state index in [1.165, 1.54) is 7.11 Å². The van der Waals surface area contributed by atoms with Crippen molar-refractivity contribution in [2.45, 2.75) is 19.4 Å². The molecule has 0 unspecified atom stereocenters. The first-order valence-corrected chi connectivity index (χ1v) is 7.68. The zero-order valence-electron chi connectivity index (χ0n) is 13.3. The van der Waals surface area contributed by atoms with E-state index in [1.54, 1.807) is 4.90 Å². The summed E-state index contributed by atoms with van der Waals surface area (Å²) >= 11 is 0. The van der Waals surface area contributed by atoms with Crippen LogP contribution in [0.15, 0.2) is 42.1 Å². The number of nitrogens with zero attached hydrogens (tertiary/aromatic N) is 1. The first kappa shape index (κ1) is 15.3. The fourth-order valence-electron chi connectivity index (χ4n) is 3.38. The fraction of sp³-hybridized carbons (Fsp3) is 0.333. The van der Waals surface area contributed by atoms with Crippen molar-refractivity contribution < 1.29 is 14.3 Å². The molecule has 2 aromatic rings. The van der Waals surface area contributed by atoms with Crippen molar-refractivity contribution in [1.82, 2.24) is 9.88 Å². The third kappa shape index (κ3) is 2.74. The minimum Gasteiger partial charge on any atom is -0.469 e. The molecule has 5 heteroatoms. The molecule has 3 rings (SSSR count). The van der Waals surface area contributed by atoms with E-state index in [-0.39, 0.29) is 24.3 Å². The number of aromatic nitrogens is 1. The molecular weight excluding hydrogens is 292 g/mol. The van der Waals surface area contributed by atoms with Gasteiger partial charge < -0.3 is 14.6 Å². The van der Waals surface area contributed by atoms with Gasteiger partial charge in [-0.15, -0.1) is 0 Å². The molecule has 0 saturated carbocycles. The Morgan fingerprint density at radius 3 is 2.96 bits per heavy atom. The van der Waals surface area contributed by atoms with Gasteiger partial charge in [-0.1, -0.05) is 36.8 Å². The van der Waals surface area contributed by atoms with Crippen LogP contribution in [0.4, 0.5) is 0 Å². The summed E-state index contributed by atoms with van der Waals surface area (Å²) < 4.78 is 4.78. The number of carbonyl (C=O) groups excluding carboxylic acids is 2. The number of fused-ring (bicyclic) bond motifs is 1. The molecule has 23 heavy (non-hydrogen) atoms. The molecule has 120 valence electrons. The van der Waals surface area contributed by atoms with E-state index in [4.69, 9.17) is 4.74 Å². The molecule has 1 aromatic heterocycles. The van der Waals surface area contributed by atoms with Gasteiger partial charge in [-0.2, -0.15) is 0 Å². The van der Waals surface area contributed by atoms with Crippen LogP contribution in [0, 0.1) is 5.92 Å². The smallest absolute Gasteiger partial charge is 0.309 e. The first-order valence-electron chi connectivity index (χ1n) is 7.68. The van der Waals surface area contributed by atoms with E-state index < -0.39 is 0 Å². The van der Waals surface area contributed by atoms with Gasteiger partial charge in [0.25, 0.3) is 0 Å². The van der Waals surface area contributed by atoms with Crippen molar-refractivity contribution in [3.63, 3.8) is 0 Å². The predicted octanol–water partition coefficient (Wildman–Crippen LogP) is 2.81. The summed E-state index contributed by atoms with van der Waals surface area (Å²) in [6.07, 6.45) is 5.07. The maximum absolute atomic E-state index is 11.6. The van der Waals surface area contributed by atoms with Gasteiger partial charge in [-0.3, -0.25) is 9.59 Å². The highest BCUT2D eigenvalue weighted by Gasteiger charge is 2.33. The quantitative estimate of drug-likeness (QED) is 0.536. The second-order valence-corrected chi connectivity index (χ2v) is 5.86. The number of hydrogen-bond donors (Lipinski definition) is 1. The normalized spacial score (nSPS) is 21.1. The topological polar surface area (TPSA) is 62.4 Å². The molecule has 0 bridgehead atoms. The van der Waals surface area contributed by atoms with Gasteiger partial charge in [0.2, 0.25) is 6.41 Å². The number of nitrogens with one attached hydrogen (secondary N) is 1. The second-order valence-electron chi connectivity index (χ2n) is 5.86. The van der Waals surface area contributed by atoms with Gasteiger partial charge in [-0.05, 0) is 6.07 Å². The average molecular weight is 312 g/mol. The van der Waals surface area contributed by atoms with Crippen LogP contribution in [0.5, 0.6) is 0 Å². The van der Waals surface area contributed by atoms with Crippen LogP contribution < -0.4 is 0 Å². The Hall–Kier alpha value is -2.56. The van der Waals surface area contributed by atoms with E-state index in [0.29, 0.717) is 6.54 Å². The van der Waals surface area contributed by atoms with Crippen LogP contribution in [0.25, 0.3) is 10.9 Å². The number of amides is 1. The highest BCUT2D eigenvalue weighted by molar-refractivity contribution is 5.84. The molecule has 2 heterocycles. The van der Waals surface area contributed by atoms with Gasteiger partial charge in [0.05, 0.1) is 19.6 Å². The number of ether oxygens (including phenoxy) is 1. The van der Waals surface area contributed by atoms with Gasteiger partial charge in [-0.25, -0.2) is 0 Å². The summed E-state index contributed by atoms with van der Waals surface area (Å²) in [6, 6.07) is 7.95. The summed E-state index contributed by atoms with van der Waals surface area (Å²) in [5.41, 5.74) is 3.14. The van der Waals surface area contributed by atoms with Crippen LogP contribution in [-0.2, 0) is 14.3 Å². The molecule has 0 fully saturated rings. The van der Waals surface area contributed by atoms with Crippen LogP contribution in [0.2, 0.25) is 0 Å². The van der Waals surface area contributed by atoms with E-state index >= 15 is 0 Å². The molecule has 0 spiro atoms. The van der Waals surface area contributed by atoms with Crippen molar-refractivity contribution in [1.29, 1.82) is 0 Å². The highest BCUT2D eigenvalue weighted by Crippen LogP contribution is 2.39. The number of hydrogen-bond acceptors (Lipinski definition) is 3. The number of aromatic amines is 1. The lowest BCUT2D eigenvalue weighted by Gasteiger charge is -2.37. The lowest BCUT2D eigenvalue weighted by Crippen LogP contribution is -2.36. The van der Waals surface area contributed by atoms with Crippen molar-refractivity contribution in [2.24, 2.45) is 5.92 Å². The Balaban J connectivity index is 2.00. The number of benzene rings is 1. The van der Waals surface area contributed by atoms with E-state index in [0.717, 1.165) is 28.4 Å². The van der Waals surface area contributed by atoms with Crippen LogP contribution in [-0.4, -0.2) is 35.9 Å². The predicted molar refractivity (Wildman–Crippen MR) is 87.7 cm³/mol. The lowest BCUT2D eigenvalue weighted by atomic mass is 9.83. The van der Waals surface area contributed by atoms with Crippen LogP contribution in [0.1, 0.15) is 24.9 Å². The zero-order chi connectivity index (χ0) is 16.4. The van der Waals surface area contributed by atoms with Gasteiger partial charge >= 0.3 is 5.97 Å². The van der Waals surface area contributed by atoms with Crippen LogP contribution in [0.3, 0.4) is 0 Å². The SMILES string of the molecule is COC(=O)CC1=CCN(C=O)[C@H](c2c[nH]c3ccccc23)[C@H]1C. The Labute approximate surface area is 134 Å². The molecule has 0 radical (unpaired) electrons. The van der Waals surface area contributed by atoms with Crippen molar-refractivity contribution >= 4 is 23.3 Å². The van der Waals surface area contributed by atoms with Gasteiger partial charge in [0.15, 0.2) is 0 Å². The number of rotatable bonds is 4. The molecule has 1 amide bonds. The Morgan fingerprint density at radius 2 is 2.22 bits per heavy atom. The summed E-state index contributed by atoms with van der Waals surface area (Å²) in [6.45, 7) is 2.56.